The molecule has 1 amide bonds. The second-order valence-electron chi connectivity index (χ2n) is 6.42. The van der Waals surface area contributed by atoms with Crippen molar-refractivity contribution in [2.24, 2.45) is 0 Å². The van der Waals surface area contributed by atoms with Gasteiger partial charge in [-0.05, 0) is 30.5 Å². The molecule has 3 aromatic heterocycles. The summed E-state index contributed by atoms with van der Waals surface area (Å²) in [5, 5.41) is 7.95. The lowest BCUT2D eigenvalue weighted by atomic mass is 9.98. The first kappa shape index (κ1) is 16.6. The van der Waals surface area contributed by atoms with Gasteiger partial charge in [0, 0.05) is 37.7 Å². The van der Waals surface area contributed by atoms with Crippen molar-refractivity contribution >= 4 is 11.6 Å². The molecule has 26 heavy (non-hydrogen) atoms. The molecule has 1 unspecified atom stereocenters. The summed E-state index contributed by atoms with van der Waals surface area (Å²) in [6.45, 7) is 0.759. The predicted octanol–water partition coefficient (Wildman–Crippen LogP) is 2.41. The molecule has 0 N–H and O–H groups in total. The van der Waals surface area contributed by atoms with Crippen molar-refractivity contribution in [3.63, 3.8) is 0 Å². The number of piperidine rings is 1. The highest BCUT2D eigenvalue weighted by Gasteiger charge is 2.29. The van der Waals surface area contributed by atoms with Gasteiger partial charge in [0.05, 0.1) is 25.0 Å². The number of aromatic nitrogens is 4. The lowest BCUT2D eigenvalue weighted by Gasteiger charge is -2.35. The van der Waals surface area contributed by atoms with Crippen molar-refractivity contribution in [3.05, 3.63) is 42.0 Å². The molecule has 0 bridgehead atoms. The monoisotopic (exact) mass is 355 g/mol. The summed E-state index contributed by atoms with van der Waals surface area (Å²) in [4.78, 5) is 19.5. The van der Waals surface area contributed by atoms with Crippen LogP contribution < -0.4 is 4.74 Å². The second kappa shape index (κ2) is 7.15. The van der Waals surface area contributed by atoms with Crippen LogP contribution in [0.15, 0.2) is 35.1 Å². The van der Waals surface area contributed by atoms with Crippen LogP contribution in [0.5, 0.6) is 5.88 Å². The number of carbonyl (C=O) groups excluding carboxylic acids is 1. The summed E-state index contributed by atoms with van der Waals surface area (Å²) in [6.07, 6.45) is 7.56. The van der Waals surface area contributed by atoms with Crippen molar-refractivity contribution in [2.75, 3.05) is 13.7 Å². The van der Waals surface area contributed by atoms with Crippen molar-refractivity contribution in [1.82, 2.24) is 24.7 Å². The number of amides is 1. The molecule has 1 aliphatic rings. The van der Waals surface area contributed by atoms with E-state index in [1.165, 1.54) is 7.11 Å². The van der Waals surface area contributed by atoms with Crippen LogP contribution in [0.1, 0.15) is 43.2 Å². The van der Waals surface area contributed by atoms with Gasteiger partial charge in [-0.2, -0.15) is 5.10 Å². The molecule has 1 saturated heterocycles. The summed E-state index contributed by atoms with van der Waals surface area (Å²) in [7, 11) is 1.54. The summed E-state index contributed by atoms with van der Waals surface area (Å²) < 4.78 is 11.9. The van der Waals surface area contributed by atoms with E-state index in [9.17, 15) is 4.79 Å². The van der Waals surface area contributed by atoms with Gasteiger partial charge in [-0.1, -0.05) is 0 Å². The molecule has 1 atom stereocenters. The molecule has 3 aromatic rings. The Morgan fingerprint density at radius 2 is 2.31 bits per heavy atom. The number of rotatable bonds is 5. The minimum atomic E-state index is 0.0143. The number of fused-ring (bicyclic) bond motifs is 1. The zero-order valence-corrected chi connectivity index (χ0v) is 14.7. The average Bonchev–Trinajstić information content (AvgIpc) is 3.34. The van der Waals surface area contributed by atoms with Gasteiger partial charge in [0.25, 0.3) is 5.88 Å². The summed E-state index contributed by atoms with van der Waals surface area (Å²) >= 11 is 0. The first-order valence-corrected chi connectivity index (χ1v) is 8.84. The van der Waals surface area contributed by atoms with E-state index in [1.807, 2.05) is 23.2 Å². The maximum absolute atomic E-state index is 12.8. The standard InChI is InChI=1S/C18H21N5O3/c1-25-17-12-13(26-21-17)5-6-18(24)22-10-3-2-4-15(22)14-8-11-23-16(20-14)7-9-19-23/h7-9,11-12,15H,2-6,10H2,1H3. The number of nitrogens with zero attached hydrogens (tertiary/aromatic N) is 5. The molecule has 1 fully saturated rings. The number of likely N-dealkylation sites (tertiary alicyclic amines) is 1. The summed E-state index contributed by atoms with van der Waals surface area (Å²) in [5.41, 5.74) is 1.72. The van der Waals surface area contributed by atoms with Crippen LogP contribution in [0, 0.1) is 0 Å². The highest BCUT2D eigenvalue weighted by atomic mass is 16.5. The predicted molar refractivity (Wildman–Crippen MR) is 92.7 cm³/mol. The van der Waals surface area contributed by atoms with Gasteiger partial charge in [-0.15, -0.1) is 0 Å². The topological polar surface area (TPSA) is 85.8 Å². The molecule has 4 rings (SSSR count). The molecular weight excluding hydrogens is 334 g/mol. The van der Waals surface area contributed by atoms with E-state index >= 15 is 0 Å². The van der Waals surface area contributed by atoms with Gasteiger partial charge in [0.2, 0.25) is 5.91 Å². The van der Waals surface area contributed by atoms with Gasteiger partial charge >= 0.3 is 0 Å². The zero-order chi connectivity index (χ0) is 17.9. The van der Waals surface area contributed by atoms with E-state index in [0.29, 0.717) is 24.5 Å². The number of hydrogen-bond donors (Lipinski definition) is 0. The smallest absolute Gasteiger partial charge is 0.254 e. The van der Waals surface area contributed by atoms with E-state index in [0.717, 1.165) is 37.1 Å². The van der Waals surface area contributed by atoms with E-state index in [2.05, 4.69) is 15.2 Å². The van der Waals surface area contributed by atoms with Crippen LogP contribution in [-0.2, 0) is 11.2 Å². The van der Waals surface area contributed by atoms with Crippen LogP contribution in [0.2, 0.25) is 0 Å². The third kappa shape index (κ3) is 3.26. The molecule has 1 aliphatic heterocycles. The Balaban J connectivity index is 1.48. The minimum Gasteiger partial charge on any atom is -0.479 e. The van der Waals surface area contributed by atoms with Gasteiger partial charge < -0.3 is 14.2 Å². The molecule has 0 spiro atoms. The Labute approximate surface area is 150 Å². The van der Waals surface area contributed by atoms with Crippen LogP contribution >= 0.6 is 0 Å². The Kier molecular flexibility index (Phi) is 4.55. The average molecular weight is 355 g/mol. The third-order valence-electron chi connectivity index (χ3n) is 4.78. The fourth-order valence-corrected chi connectivity index (χ4v) is 3.43. The van der Waals surface area contributed by atoms with Gasteiger partial charge in [0.15, 0.2) is 5.65 Å². The molecule has 0 aromatic carbocycles. The molecule has 8 nitrogen and oxygen atoms in total. The number of hydrogen-bond acceptors (Lipinski definition) is 6. The summed E-state index contributed by atoms with van der Waals surface area (Å²) in [6, 6.07) is 5.56. The third-order valence-corrected chi connectivity index (χ3v) is 4.78. The van der Waals surface area contributed by atoms with Crippen LogP contribution in [-0.4, -0.2) is 44.2 Å². The Bertz CT molecular complexity index is 903. The zero-order valence-electron chi connectivity index (χ0n) is 14.7. The first-order chi connectivity index (χ1) is 12.7. The SMILES string of the molecule is COc1cc(CCC(=O)N2CCCCC2c2ccn3nccc3n2)on1. The molecule has 0 aliphatic carbocycles. The fraction of sp³-hybridized carbons (Fsp3) is 0.444. The highest BCUT2D eigenvalue weighted by molar-refractivity contribution is 5.77. The van der Waals surface area contributed by atoms with Gasteiger partial charge in [-0.25, -0.2) is 9.50 Å². The lowest BCUT2D eigenvalue weighted by molar-refractivity contribution is -0.135. The fourth-order valence-electron chi connectivity index (χ4n) is 3.43. The minimum absolute atomic E-state index is 0.0143. The Morgan fingerprint density at radius 3 is 3.15 bits per heavy atom. The van der Waals surface area contributed by atoms with Gasteiger partial charge in [0.1, 0.15) is 5.76 Å². The molecule has 136 valence electrons. The maximum Gasteiger partial charge on any atom is 0.254 e. The van der Waals surface area contributed by atoms with Crippen LogP contribution in [0.25, 0.3) is 5.65 Å². The van der Waals surface area contributed by atoms with Crippen molar-refractivity contribution in [1.29, 1.82) is 0 Å². The normalized spacial score (nSPS) is 17.6. The molecular formula is C18H21N5O3. The number of aryl methyl sites for hydroxylation is 1. The quantitative estimate of drug-likeness (QED) is 0.699. The Hall–Kier alpha value is -2.90. The summed E-state index contributed by atoms with van der Waals surface area (Å²) in [5.74, 6) is 1.20. The van der Waals surface area contributed by atoms with E-state index in [1.54, 1.807) is 16.8 Å². The molecule has 8 heteroatoms. The first-order valence-electron chi connectivity index (χ1n) is 8.84. The van der Waals surface area contributed by atoms with Crippen LogP contribution in [0.4, 0.5) is 0 Å². The largest absolute Gasteiger partial charge is 0.479 e. The van der Waals surface area contributed by atoms with Gasteiger partial charge in [-0.3, -0.25) is 4.79 Å². The molecule has 4 heterocycles. The molecule has 0 radical (unpaired) electrons. The maximum atomic E-state index is 12.8. The van der Waals surface area contributed by atoms with Crippen molar-refractivity contribution in [3.8, 4) is 5.88 Å². The van der Waals surface area contributed by atoms with E-state index < -0.39 is 0 Å². The van der Waals surface area contributed by atoms with Crippen LogP contribution in [0.3, 0.4) is 0 Å². The molecule has 0 saturated carbocycles. The van der Waals surface area contributed by atoms with E-state index in [4.69, 9.17) is 9.26 Å². The lowest BCUT2D eigenvalue weighted by Crippen LogP contribution is -2.39. The number of ether oxygens (including phenoxy) is 1. The van der Waals surface area contributed by atoms with Crippen molar-refractivity contribution < 1.29 is 14.1 Å². The number of carbonyl (C=O) groups is 1. The highest BCUT2D eigenvalue weighted by Crippen LogP contribution is 2.30. The Morgan fingerprint density at radius 1 is 1.38 bits per heavy atom. The second-order valence-corrected chi connectivity index (χ2v) is 6.42. The van der Waals surface area contributed by atoms with Crippen molar-refractivity contribution in [2.45, 2.75) is 38.1 Å². The number of methoxy groups -OCH3 is 1. The van der Waals surface area contributed by atoms with E-state index in [-0.39, 0.29) is 11.9 Å².